The summed E-state index contributed by atoms with van der Waals surface area (Å²) in [5.74, 6) is -1.58. The summed E-state index contributed by atoms with van der Waals surface area (Å²) in [6.07, 6.45) is 1.82. The van der Waals surface area contributed by atoms with Crippen LogP contribution >= 0.6 is 11.8 Å². The monoisotopic (exact) mass is 404 g/mol. The van der Waals surface area contributed by atoms with Crippen molar-refractivity contribution in [2.45, 2.75) is 0 Å². The Labute approximate surface area is 170 Å². The van der Waals surface area contributed by atoms with Crippen molar-refractivity contribution in [2.75, 3.05) is 7.05 Å². The lowest BCUT2D eigenvalue weighted by Gasteiger charge is -2.08. The van der Waals surface area contributed by atoms with Gasteiger partial charge < -0.3 is 10.2 Å². The number of carbonyl (C=O) groups is 2. The molecule has 1 amide bonds. The van der Waals surface area contributed by atoms with E-state index < -0.39 is 5.97 Å². The number of nitrogens with zero attached hydrogens (tertiary/aromatic N) is 2. The molecule has 0 aromatic heterocycles. The first kappa shape index (κ1) is 18.8. The number of carboxylic acids is 1. The fourth-order valence-corrected chi connectivity index (χ4v) is 4.04. The highest BCUT2D eigenvalue weighted by Gasteiger charge is 2.31. The molecule has 1 saturated heterocycles. The highest BCUT2D eigenvalue weighted by atomic mass is 32.2. The van der Waals surface area contributed by atoms with Gasteiger partial charge in [0.15, 0.2) is 5.17 Å². The Kier molecular flexibility index (Phi) is 4.82. The number of fused-ring (bicyclic) bond motifs is 1. The van der Waals surface area contributed by atoms with Gasteiger partial charge in [0.25, 0.3) is 5.91 Å². The number of hydrogen-bond donors (Lipinski definition) is 2. The Morgan fingerprint density at radius 2 is 1.86 bits per heavy atom. The lowest BCUT2D eigenvalue weighted by atomic mass is 10.0. The summed E-state index contributed by atoms with van der Waals surface area (Å²) in [6.45, 7) is 0. The van der Waals surface area contributed by atoms with Crippen LogP contribution in [0.4, 0.5) is 5.69 Å². The SMILES string of the molecule is CN1C(=O)/C(=C/c2cccc3ccccc23)SC1=Nc1ccc(O)cc1C(=O)O. The number of aromatic hydroxyl groups is 1. The normalized spacial score (nSPS) is 16.9. The Bertz CT molecular complexity index is 1210. The predicted molar refractivity (Wildman–Crippen MR) is 114 cm³/mol. The molecule has 0 unspecified atom stereocenters. The van der Waals surface area contributed by atoms with Gasteiger partial charge in [-0.1, -0.05) is 42.5 Å². The van der Waals surface area contributed by atoms with Gasteiger partial charge in [-0.3, -0.25) is 9.69 Å². The number of hydrogen-bond acceptors (Lipinski definition) is 5. The third kappa shape index (κ3) is 3.60. The number of amides is 1. The molecule has 1 fully saturated rings. The maximum absolute atomic E-state index is 12.7. The van der Waals surface area contributed by atoms with E-state index in [0.29, 0.717) is 10.1 Å². The maximum atomic E-state index is 12.7. The van der Waals surface area contributed by atoms with Crippen LogP contribution in [0.15, 0.2) is 70.6 Å². The molecule has 1 heterocycles. The molecule has 1 aliphatic rings. The number of likely N-dealkylation sites (N-methyl/N-ethyl adjacent to an activating group) is 1. The summed E-state index contributed by atoms with van der Waals surface area (Å²) in [5.41, 5.74) is 0.957. The summed E-state index contributed by atoms with van der Waals surface area (Å²) < 4.78 is 0. The maximum Gasteiger partial charge on any atom is 0.338 e. The van der Waals surface area contributed by atoms with E-state index in [-0.39, 0.29) is 22.9 Å². The minimum absolute atomic E-state index is 0.134. The molecule has 0 bridgehead atoms. The number of carboxylic acid groups (broad SMARTS) is 1. The fraction of sp³-hybridized carbons (Fsp3) is 0.0455. The molecule has 3 aromatic rings. The van der Waals surface area contributed by atoms with Crippen LogP contribution in [0, 0.1) is 0 Å². The number of phenolic OH excluding ortho intramolecular Hbond substituents is 1. The van der Waals surface area contributed by atoms with E-state index in [9.17, 15) is 19.8 Å². The van der Waals surface area contributed by atoms with E-state index >= 15 is 0 Å². The highest BCUT2D eigenvalue weighted by Crippen LogP contribution is 2.35. The van der Waals surface area contributed by atoms with Crippen molar-refractivity contribution in [1.29, 1.82) is 0 Å². The molecule has 3 aromatic carbocycles. The Morgan fingerprint density at radius 3 is 2.66 bits per heavy atom. The molecule has 6 nitrogen and oxygen atoms in total. The van der Waals surface area contributed by atoms with Crippen LogP contribution in [0.2, 0.25) is 0 Å². The van der Waals surface area contributed by atoms with Gasteiger partial charge >= 0.3 is 5.97 Å². The zero-order chi connectivity index (χ0) is 20.5. The van der Waals surface area contributed by atoms with Gasteiger partial charge in [-0.2, -0.15) is 0 Å². The molecule has 2 N–H and O–H groups in total. The molecular weight excluding hydrogens is 388 g/mol. The van der Waals surface area contributed by atoms with Crippen molar-refractivity contribution in [3.05, 3.63) is 76.7 Å². The predicted octanol–water partition coefficient (Wildman–Crippen LogP) is 4.48. The molecule has 0 atom stereocenters. The van der Waals surface area contributed by atoms with Gasteiger partial charge in [-0.05, 0) is 52.4 Å². The number of benzene rings is 3. The molecule has 0 spiro atoms. The Morgan fingerprint density at radius 1 is 1.10 bits per heavy atom. The summed E-state index contributed by atoms with van der Waals surface area (Å²) in [7, 11) is 1.60. The molecule has 4 rings (SSSR count). The Hall–Kier alpha value is -3.58. The fourth-order valence-electron chi connectivity index (χ4n) is 3.07. The van der Waals surface area contributed by atoms with E-state index in [1.807, 2.05) is 48.5 Å². The number of rotatable bonds is 3. The lowest BCUT2D eigenvalue weighted by Crippen LogP contribution is -2.23. The van der Waals surface area contributed by atoms with E-state index in [4.69, 9.17) is 0 Å². The molecule has 7 heteroatoms. The van der Waals surface area contributed by atoms with Gasteiger partial charge in [0.2, 0.25) is 0 Å². The molecule has 0 saturated carbocycles. The minimum Gasteiger partial charge on any atom is -0.508 e. The summed E-state index contributed by atoms with van der Waals surface area (Å²) in [5, 5.41) is 21.4. The van der Waals surface area contributed by atoms with Crippen LogP contribution in [0.3, 0.4) is 0 Å². The van der Waals surface area contributed by atoms with E-state index in [2.05, 4.69) is 4.99 Å². The zero-order valence-corrected chi connectivity index (χ0v) is 16.2. The molecule has 144 valence electrons. The topological polar surface area (TPSA) is 90.2 Å². The first-order chi connectivity index (χ1) is 13.9. The van der Waals surface area contributed by atoms with Crippen molar-refractivity contribution < 1.29 is 19.8 Å². The smallest absolute Gasteiger partial charge is 0.338 e. The van der Waals surface area contributed by atoms with Crippen LogP contribution in [-0.4, -0.2) is 39.2 Å². The number of carbonyl (C=O) groups excluding carboxylic acids is 1. The van der Waals surface area contributed by atoms with Gasteiger partial charge in [-0.25, -0.2) is 9.79 Å². The summed E-state index contributed by atoms with van der Waals surface area (Å²) in [4.78, 5) is 30.4. The number of aliphatic imine (C=N–C) groups is 1. The van der Waals surface area contributed by atoms with Gasteiger partial charge in [0, 0.05) is 7.05 Å². The first-order valence-corrected chi connectivity index (χ1v) is 9.56. The summed E-state index contributed by atoms with van der Waals surface area (Å²) >= 11 is 1.18. The number of aromatic carboxylic acids is 1. The zero-order valence-electron chi connectivity index (χ0n) is 15.4. The lowest BCUT2D eigenvalue weighted by molar-refractivity contribution is -0.121. The third-order valence-corrected chi connectivity index (χ3v) is 5.60. The van der Waals surface area contributed by atoms with Gasteiger partial charge in [-0.15, -0.1) is 0 Å². The molecular formula is C22H16N2O4S. The van der Waals surface area contributed by atoms with Crippen molar-refractivity contribution in [3.8, 4) is 5.75 Å². The summed E-state index contributed by atoms with van der Waals surface area (Å²) in [6, 6.07) is 17.7. The molecule has 1 aliphatic heterocycles. The number of amidine groups is 1. The van der Waals surface area contributed by atoms with E-state index in [0.717, 1.165) is 22.4 Å². The Balaban J connectivity index is 1.74. The van der Waals surface area contributed by atoms with Crippen LogP contribution in [0.5, 0.6) is 5.75 Å². The van der Waals surface area contributed by atoms with Crippen molar-refractivity contribution >= 4 is 51.3 Å². The van der Waals surface area contributed by atoms with E-state index in [1.165, 1.54) is 28.8 Å². The number of thioether (sulfide) groups is 1. The standard InChI is InChI=1S/C22H16N2O4S/c1-24-20(26)19(11-14-7-4-6-13-5-2-3-8-16(13)14)29-22(24)23-18-10-9-15(25)12-17(18)21(27)28/h2-12,25H,1H3,(H,27,28)/b19-11-,23-22?. The van der Waals surface area contributed by atoms with Crippen molar-refractivity contribution in [2.24, 2.45) is 4.99 Å². The van der Waals surface area contributed by atoms with Crippen molar-refractivity contribution in [3.63, 3.8) is 0 Å². The molecule has 0 radical (unpaired) electrons. The van der Waals surface area contributed by atoms with Crippen LogP contribution in [0.1, 0.15) is 15.9 Å². The average Bonchev–Trinajstić information content (AvgIpc) is 2.97. The van der Waals surface area contributed by atoms with E-state index in [1.54, 1.807) is 7.05 Å². The minimum atomic E-state index is -1.20. The average molecular weight is 404 g/mol. The quantitative estimate of drug-likeness (QED) is 0.628. The second-order valence-electron chi connectivity index (χ2n) is 6.44. The van der Waals surface area contributed by atoms with Gasteiger partial charge in [0.05, 0.1) is 16.2 Å². The van der Waals surface area contributed by atoms with Crippen LogP contribution in [0.25, 0.3) is 16.8 Å². The number of phenols is 1. The van der Waals surface area contributed by atoms with Crippen molar-refractivity contribution in [1.82, 2.24) is 4.90 Å². The molecule has 0 aliphatic carbocycles. The third-order valence-electron chi connectivity index (χ3n) is 4.54. The second-order valence-corrected chi connectivity index (χ2v) is 7.45. The first-order valence-electron chi connectivity index (χ1n) is 8.74. The highest BCUT2D eigenvalue weighted by molar-refractivity contribution is 8.18. The largest absolute Gasteiger partial charge is 0.508 e. The second kappa shape index (κ2) is 7.44. The van der Waals surface area contributed by atoms with Crippen LogP contribution in [-0.2, 0) is 4.79 Å². The molecule has 29 heavy (non-hydrogen) atoms. The van der Waals surface area contributed by atoms with Gasteiger partial charge in [0.1, 0.15) is 5.75 Å². The van der Waals surface area contributed by atoms with Crippen LogP contribution < -0.4 is 0 Å².